The van der Waals surface area contributed by atoms with E-state index in [9.17, 15) is 4.79 Å². The van der Waals surface area contributed by atoms with Crippen LogP contribution in [0.25, 0.3) is 0 Å². The summed E-state index contributed by atoms with van der Waals surface area (Å²) in [5.74, 6) is 0.682. The summed E-state index contributed by atoms with van der Waals surface area (Å²) in [4.78, 5) is 12.5. The minimum absolute atomic E-state index is 0.0467. The molecule has 0 N–H and O–H groups in total. The topological polar surface area (TPSA) is 26.3 Å². The van der Waals surface area contributed by atoms with Gasteiger partial charge in [-0.2, -0.15) is 0 Å². The third-order valence-corrected chi connectivity index (χ3v) is 7.04. The highest BCUT2D eigenvalue weighted by molar-refractivity contribution is 5.71. The lowest BCUT2D eigenvalue weighted by atomic mass is 9.94. The van der Waals surface area contributed by atoms with Gasteiger partial charge in [-0.15, -0.1) is 0 Å². The predicted octanol–water partition coefficient (Wildman–Crippen LogP) is 10.4. The molecule has 192 valence electrons. The number of esters is 1. The molecule has 0 aromatic rings. The van der Waals surface area contributed by atoms with Crippen LogP contribution in [0.1, 0.15) is 169 Å². The van der Waals surface area contributed by atoms with E-state index in [1.807, 2.05) is 0 Å². The quantitative estimate of drug-likeness (QED) is 0.102. The van der Waals surface area contributed by atoms with Crippen molar-refractivity contribution in [2.75, 3.05) is 6.61 Å². The van der Waals surface area contributed by atoms with Gasteiger partial charge in [0.05, 0.1) is 12.5 Å². The number of hydrogen-bond donors (Lipinski definition) is 0. The Morgan fingerprint density at radius 2 is 0.875 bits per heavy atom. The van der Waals surface area contributed by atoms with E-state index < -0.39 is 0 Å². The largest absolute Gasteiger partial charge is 0.465 e. The van der Waals surface area contributed by atoms with E-state index >= 15 is 0 Å². The summed E-state index contributed by atoms with van der Waals surface area (Å²) in [6, 6.07) is 0. The van der Waals surface area contributed by atoms with Crippen LogP contribution < -0.4 is 0 Å². The van der Waals surface area contributed by atoms with Gasteiger partial charge in [0.15, 0.2) is 0 Å². The van der Waals surface area contributed by atoms with Crippen LogP contribution in [0.5, 0.6) is 0 Å². The highest BCUT2D eigenvalue weighted by atomic mass is 16.5. The molecule has 32 heavy (non-hydrogen) atoms. The number of carbonyl (C=O) groups is 1. The average Bonchev–Trinajstić information content (AvgIpc) is 2.80. The van der Waals surface area contributed by atoms with Crippen LogP contribution in [-0.2, 0) is 9.53 Å². The Bertz CT molecular complexity index is 379. The summed E-state index contributed by atoms with van der Waals surface area (Å²) in [7, 11) is 0. The Labute approximate surface area is 203 Å². The lowest BCUT2D eigenvalue weighted by Crippen LogP contribution is -2.20. The molecule has 0 heterocycles. The summed E-state index contributed by atoms with van der Waals surface area (Å²) in [5.41, 5.74) is 0. The number of unbranched alkanes of at least 4 members (excludes halogenated alkanes) is 16. The van der Waals surface area contributed by atoms with Crippen molar-refractivity contribution < 1.29 is 9.53 Å². The number of carbonyl (C=O) groups excluding carboxylic acids is 1. The second kappa shape index (κ2) is 25.1. The molecule has 0 saturated heterocycles. The van der Waals surface area contributed by atoms with Crippen molar-refractivity contribution >= 4 is 5.97 Å². The van der Waals surface area contributed by atoms with Crippen molar-refractivity contribution in [3.05, 3.63) is 0 Å². The Balaban J connectivity index is 4.03. The fourth-order valence-electron chi connectivity index (χ4n) is 4.61. The summed E-state index contributed by atoms with van der Waals surface area (Å²) in [5, 5.41) is 0. The fourth-order valence-corrected chi connectivity index (χ4v) is 4.61. The molecule has 2 unspecified atom stereocenters. The maximum atomic E-state index is 12.5. The normalized spacial score (nSPS) is 13.2. The smallest absolute Gasteiger partial charge is 0.308 e. The average molecular weight is 453 g/mol. The second-order valence-electron chi connectivity index (χ2n) is 10.4. The zero-order valence-electron chi connectivity index (χ0n) is 22.7. The van der Waals surface area contributed by atoms with Gasteiger partial charge in [0.1, 0.15) is 0 Å². The predicted molar refractivity (Wildman–Crippen MR) is 142 cm³/mol. The molecule has 0 radical (unpaired) electrons. The lowest BCUT2D eigenvalue weighted by Gasteiger charge is -2.19. The molecule has 0 bridgehead atoms. The van der Waals surface area contributed by atoms with Crippen molar-refractivity contribution in [2.24, 2.45) is 11.8 Å². The molecule has 0 saturated carbocycles. The van der Waals surface area contributed by atoms with E-state index in [2.05, 4.69) is 27.7 Å². The molecule has 0 aliphatic heterocycles. The first-order chi connectivity index (χ1) is 15.7. The van der Waals surface area contributed by atoms with Crippen molar-refractivity contribution in [3.63, 3.8) is 0 Å². The third kappa shape index (κ3) is 21.3. The van der Waals surface area contributed by atoms with Gasteiger partial charge in [0, 0.05) is 0 Å². The van der Waals surface area contributed by atoms with Gasteiger partial charge in [-0.3, -0.25) is 4.79 Å². The van der Waals surface area contributed by atoms with Crippen LogP contribution in [0.4, 0.5) is 0 Å². The molecule has 0 amide bonds. The zero-order valence-corrected chi connectivity index (χ0v) is 22.7. The van der Waals surface area contributed by atoms with Crippen LogP contribution >= 0.6 is 0 Å². The molecule has 0 aromatic heterocycles. The third-order valence-electron chi connectivity index (χ3n) is 7.04. The zero-order chi connectivity index (χ0) is 23.7. The molecular formula is C30H60O2. The van der Waals surface area contributed by atoms with Gasteiger partial charge in [-0.05, 0) is 25.2 Å². The number of ether oxygens (including phenoxy) is 1. The molecule has 0 aliphatic rings. The van der Waals surface area contributed by atoms with Gasteiger partial charge in [0.25, 0.3) is 0 Å². The molecule has 0 spiro atoms. The standard InChI is InChI=1S/C30H60O2/c1-5-8-11-14-16-18-20-23-26-29(25-22-13-10-7-3)27-32-30(31)28(4)24-21-19-17-15-12-9-6-2/h28-29H,5-27H2,1-4H3. The van der Waals surface area contributed by atoms with Crippen molar-refractivity contribution in [1.82, 2.24) is 0 Å². The monoisotopic (exact) mass is 452 g/mol. The van der Waals surface area contributed by atoms with Crippen LogP contribution in [0.2, 0.25) is 0 Å². The van der Waals surface area contributed by atoms with Crippen molar-refractivity contribution in [3.8, 4) is 0 Å². The maximum absolute atomic E-state index is 12.5. The van der Waals surface area contributed by atoms with E-state index in [-0.39, 0.29) is 11.9 Å². The summed E-state index contributed by atoms with van der Waals surface area (Å²) in [6.07, 6.45) is 28.8. The molecule has 2 atom stereocenters. The molecule has 0 fully saturated rings. The Morgan fingerprint density at radius 3 is 1.31 bits per heavy atom. The van der Waals surface area contributed by atoms with Crippen LogP contribution in [0, 0.1) is 11.8 Å². The SMILES string of the molecule is CCCCCCCCCCC(CCCCCC)COC(=O)C(C)CCCCCCCCC. The molecular weight excluding hydrogens is 392 g/mol. The van der Waals surface area contributed by atoms with Gasteiger partial charge in [-0.1, -0.05) is 150 Å². The number of hydrogen-bond acceptors (Lipinski definition) is 2. The Morgan fingerprint density at radius 1 is 0.531 bits per heavy atom. The van der Waals surface area contributed by atoms with E-state index in [4.69, 9.17) is 4.74 Å². The van der Waals surface area contributed by atoms with Crippen LogP contribution in [0.3, 0.4) is 0 Å². The first-order valence-electron chi connectivity index (χ1n) is 14.8. The minimum atomic E-state index is 0.0467. The van der Waals surface area contributed by atoms with Gasteiger partial charge in [0.2, 0.25) is 0 Å². The van der Waals surface area contributed by atoms with E-state index in [0.29, 0.717) is 12.5 Å². The lowest BCUT2D eigenvalue weighted by molar-refractivity contribution is -0.149. The van der Waals surface area contributed by atoms with Gasteiger partial charge in [-0.25, -0.2) is 0 Å². The minimum Gasteiger partial charge on any atom is -0.465 e. The first kappa shape index (κ1) is 31.5. The Kier molecular flexibility index (Phi) is 24.7. The molecule has 2 nitrogen and oxygen atoms in total. The van der Waals surface area contributed by atoms with E-state index in [0.717, 1.165) is 6.42 Å². The summed E-state index contributed by atoms with van der Waals surface area (Å²) >= 11 is 0. The van der Waals surface area contributed by atoms with E-state index in [1.165, 1.54) is 135 Å². The first-order valence-corrected chi connectivity index (χ1v) is 14.8. The summed E-state index contributed by atoms with van der Waals surface area (Å²) < 4.78 is 5.82. The molecule has 0 rings (SSSR count). The van der Waals surface area contributed by atoms with E-state index in [1.54, 1.807) is 0 Å². The Hall–Kier alpha value is -0.530. The maximum Gasteiger partial charge on any atom is 0.308 e. The fraction of sp³-hybridized carbons (Fsp3) is 0.967. The number of rotatable bonds is 25. The highest BCUT2D eigenvalue weighted by Crippen LogP contribution is 2.21. The van der Waals surface area contributed by atoms with Crippen molar-refractivity contribution in [2.45, 2.75) is 169 Å². The summed E-state index contributed by atoms with van der Waals surface area (Å²) in [6.45, 7) is 9.53. The second-order valence-corrected chi connectivity index (χ2v) is 10.4. The molecule has 2 heteroatoms. The molecule has 0 aliphatic carbocycles. The highest BCUT2D eigenvalue weighted by Gasteiger charge is 2.17. The van der Waals surface area contributed by atoms with Gasteiger partial charge >= 0.3 is 5.97 Å². The van der Waals surface area contributed by atoms with Crippen LogP contribution in [0.15, 0.2) is 0 Å². The van der Waals surface area contributed by atoms with Crippen LogP contribution in [-0.4, -0.2) is 12.6 Å². The molecule has 0 aromatic carbocycles. The van der Waals surface area contributed by atoms with Crippen molar-refractivity contribution in [1.29, 1.82) is 0 Å². The van der Waals surface area contributed by atoms with Gasteiger partial charge < -0.3 is 4.74 Å².